The molecule has 154 valence electrons. The summed E-state index contributed by atoms with van der Waals surface area (Å²) in [6, 6.07) is 27.9. The van der Waals surface area contributed by atoms with Crippen LogP contribution in [0.2, 0.25) is 0 Å². The van der Waals surface area contributed by atoms with Crippen molar-refractivity contribution in [2.24, 2.45) is 0 Å². The highest BCUT2D eigenvalue weighted by atomic mass is 16.5. The van der Waals surface area contributed by atoms with Gasteiger partial charge in [-0.2, -0.15) is 0 Å². The Hall–Kier alpha value is -4.19. The topological polar surface area (TPSA) is 73.3 Å². The van der Waals surface area contributed by atoms with Crippen LogP contribution in [0.15, 0.2) is 91.0 Å². The Morgan fingerprint density at radius 2 is 1.61 bits per heavy atom. The van der Waals surface area contributed by atoms with Gasteiger partial charge in [0.05, 0.1) is 12.8 Å². The number of aromatic nitrogens is 2. The van der Waals surface area contributed by atoms with E-state index in [4.69, 9.17) is 9.47 Å². The standard InChI is InChI=1S/C25H21N3O3/c1-30-22-9-5-6-18(16-22)17-26-25(29)20-12-10-19(11-13-20)23-14-15-24(28-27-23)31-21-7-3-2-4-8-21/h2-16H,17H2,1H3,(H,26,29). The van der Waals surface area contributed by atoms with Gasteiger partial charge in [-0.25, -0.2) is 0 Å². The van der Waals surface area contributed by atoms with Crippen LogP contribution in [0.4, 0.5) is 0 Å². The van der Waals surface area contributed by atoms with E-state index in [0.717, 1.165) is 16.9 Å². The second-order valence-electron chi connectivity index (χ2n) is 6.78. The number of carbonyl (C=O) groups is 1. The molecular weight excluding hydrogens is 390 g/mol. The molecule has 0 bridgehead atoms. The zero-order valence-electron chi connectivity index (χ0n) is 17.0. The number of carbonyl (C=O) groups excluding carboxylic acids is 1. The summed E-state index contributed by atoms with van der Waals surface area (Å²) < 4.78 is 10.9. The van der Waals surface area contributed by atoms with Crippen molar-refractivity contribution >= 4 is 5.91 Å². The Kier molecular flexibility index (Phi) is 6.18. The first-order valence-electron chi connectivity index (χ1n) is 9.79. The van der Waals surface area contributed by atoms with Gasteiger partial charge in [0.15, 0.2) is 0 Å². The van der Waals surface area contributed by atoms with E-state index in [1.54, 1.807) is 25.3 Å². The fourth-order valence-corrected chi connectivity index (χ4v) is 3.00. The number of ether oxygens (including phenoxy) is 2. The summed E-state index contributed by atoms with van der Waals surface area (Å²) in [5, 5.41) is 11.3. The molecule has 31 heavy (non-hydrogen) atoms. The van der Waals surface area contributed by atoms with Crippen molar-refractivity contribution in [1.82, 2.24) is 15.5 Å². The Morgan fingerprint density at radius 1 is 0.839 bits per heavy atom. The molecule has 0 aliphatic carbocycles. The molecule has 0 fully saturated rings. The van der Waals surface area contributed by atoms with Crippen LogP contribution in [0.25, 0.3) is 11.3 Å². The first-order chi connectivity index (χ1) is 15.2. The summed E-state index contributed by atoms with van der Waals surface area (Å²) >= 11 is 0. The van der Waals surface area contributed by atoms with Gasteiger partial charge in [0, 0.05) is 23.7 Å². The van der Waals surface area contributed by atoms with E-state index in [9.17, 15) is 4.79 Å². The van der Waals surface area contributed by atoms with Crippen LogP contribution in [-0.2, 0) is 6.54 Å². The molecule has 6 heteroatoms. The molecule has 1 amide bonds. The van der Waals surface area contributed by atoms with Gasteiger partial charge >= 0.3 is 0 Å². The van der Waals surface area contributed by atoms with E-state index in [2.05, 4.69) is 15.5 Å². The highest BCUT2D eigenvalue weighted by Gasteiger charge is 2.08. The molecule has 4 rings (SSSR count). The van der Waals surface area contributed by atoms with Crippen LogP contribution in [0.3, 0.4) is 0 Å². The summed E-state index contributed by atoms with van der Waals surface area (Å²) in [4.78, 5) is 12.5. The molecule has 4 aromatic rings. The van der Waals surface area contributed by atoms with Crippen molar-refractivity contribution in [2.75, 3.05) is 7.11 Å². The van der Waals surface area contributed by atoms with E-state index in [1.807, 2.05) is 72.8 Å². The summed E-state index contributed by atoms with van der Waals surface area (Å²) in [5.41, 5.74) is 3.10. The second kappa shape index (κ2) is 9.54. The predicted molar refractivity (Wildman–Crippen MR) is 118 cm³/mol. The van der Waals surface area contributed by atoms with Gasteiger partial charge in [-0.05, 0) is 48.0 Å². The van der Waals surface area contributed by atoms with E-state index in [0.29, 0.717) is 29.4 Å². The number of nitrogens with one attached hydrogen (secondary N) is 1. The fraction of sp³-hybridized carbons (Fsp3) is 0.0800. The maximum absolute atomic E-state index is 12.5. The van der Waals surface area contributed by atoms with Crippen LogP contribution >= 0.6 is 0 Å². The smallest absolute Gasteiger partial charge is 0.251 e. The number of benzene rings is 3. The molecule has 0 aliphatic heterocycles. The van der Waals surface area contributed by atoms with Crippen LogP contribution < -0.4 is 14.8 Å². The zero-order chi connectivity index (χ0) is 21.5. The molecule has 0 saturated heterocycles. The normalized spacial score (nSPS) is 10.4. The monoisotopic (exact) mass is 411 g/mol. The summed E-state index contributed by atoms with van der Waals surface area (Å²) in [6.45, 7) is 0.423. The average Bonchev–Trinajstić information content (AvgIpc) is 2.84. The largest absolute Gasteiger partial charge is 0.497 e. The molecule has 1 N–H and O–H groups in total. The predicted octanol–water partition coefficient (Wildman–Crippen LogP) is 4.87. The molecule has 0 atom stereocenters. The molecule has 6 nitrogen and oxygen atoms in total. The molecule has 0 radical (unpaired) electrons. The van der Waals surface area contributed by atoms with Crippen LogP contribution in [0.5, 0.6) is 17.4 Å². The lowest BCUT2D eigenvalue weighted by Crippen LogP contribution is -2.22. The third-order valence-electron chi connectivity index (χ3n) is 4.64. The first kappa shape index (κ1) is 20.1. The zero-order valence-corrected chi connectivity index (χ0v) is 17.0. The SMILES string of the molecule is COc1cccc(CNC(=O)c2ccc(-c3ccc(Oc4ccccc4)nn3)cc2)c1. The number of nitrogens with zero attached hydrogens (tertiary/aromatic N) is 2. The summed E-state index contributed by atoms with van der Waals surface area (Å²) in [5.74, 6) is 1.74. The third kappa shape index (κ3) is 5.25. The number of methoxy groups -OCH3 is 1. The van der Waals surface area contributed by atoms with E-state index < -0.39 is 0 Å². The molecular formula is C25H21N3O3. The van der Waals surface area contributed by atoms with Crippen molar-refractivity contribution in [1.29, 1.82) is 0 Å². The Morgan fingerprint density at radius 3 is 2.32 bits per heavy atom. The van der Waals surface area contributed by atoms with Gasteiger partial charge < -0.3 is 14.8 Å². The Labute approximate surface area is 180 Å². The van der Waals surface area contributed by atoms with Gasteiger partial charge in [-0.1, -0.05) is 42.5 Å². The number of rotatable bonds is 7. The molecule has 0 unspecified atom stereocenters. The van der Waals surface area contributed by atoms with E-state index >= 15 is 0 Å². The van der Waals surface area contributed by atoms with Gasteiger partial charge in [0.1, 0.15) is 11.5 Å². The van der Waals surface area contributed by atoms with Crippen molar-refractivity contribution in [3.05, 3.63) is 102 Å². The molecule has 3 aromatic carbocycles. The quantitative estimate of drug-likeness (QED) is 0.469. The number of amides is 1. The summed E-state index contributed by atoms with van der Waals surface area (Å²) in [6.07, 6.45) is 0. The molecule has 1 heterocycles. The minimum Gasteiger partial charge on any atom is -0.497 e. The molecule has 0 spiro atoms. The highest BCUT2D eigenvalue weighted by molar-refractivity contribution is 5.94. The Bertz CT molecular complexity index is 1140. The lowest BCUT2D eigenvalue weighted by atomic mass is 10.1. The molecule has 0 aliphatic rings. The van der Waals surface area contributed by atoms with Gasteiger partial charge in [0.2, 0.25) is 5.88 Å². The lowest BCUT2D eigenvalue weighted by Gasteiger charge is -2.08. The Balaban J connectivity index is 1.37. The van der Waals surface area contributed by atoms with Crippen LogP contribution in [0.1, 0.15) is 15.9 Å². The first-order valence-corrected chi connectivity index (χ1v) is 9.79. The summed E-state index contributed by atoms with van der Waals surface area (Å²) in [7, 11) is 1.62. The average molecular weight is 411 g/mol. The van der Waals surface area contributed by atoms with Crippen LogP contribution in [0, 0.1) is 0 Å². The van der Waals surface area contributed by atoms with Crippen molar-refractivity contribution in [3.8, 4) is 28.6 Å². The van der Waals surface area contributed by atoms with Gasteiger partial charge in [0.25, 0.3) is 5.91 Å². The van der Waals surface area contributed by atoms with Crippen LogP contribution in [-0.4, -0.2) is 23.2 Å². The van der Waals surface area contributed by atoms with Crippen molar-refractivity contribution in [3.63, 3.8) is 0 Å². The number of hydrogen-bond donors (Lipinski definition) is 1. The van der Waals surface area contributed by atoms with Gasteiger partial charge in [-0.15, -0.1) is 10.2 Å². The minimum atomic E-state index is -0.146. The maximum atomic E-state index is 12.5. The van der Waals surface area contributed by atoms with Gasteiger partial charge in [-0.3, -0.25) is 4.79 Å². The van der Waals surface area contributed by atoms with Crippen molar-refractivity contribution < 1.29 is 14.3 Å². The maximum Gasteiger partial charge on any atom is 0.251 e. The lowest BCUT2D eigenvalue weighted by molar-refractivity contribution is 0.0951. The second-order valence-corrected chi connectivity index (χ2v) is 6.78. The van der Waals surface area contributed by atoms with E-state index in [-0.39, 0.29) is 5.91 Å². The number of hydrogen-bond acceptors (Lipinski definition) is 5. The van der Waals surface area contributed by atoms with Crippen molar-refractivity contribution in [2.45, 2.75) is 6.54 Å². The minimum absolute atomic E-state index is 0.146. The molecule has 0 saturated carbocycles. The number of para-hydroxylation sites is 1. The van der Waals surface area contributed by atoms with E-state index in [1.165, 1.54) is 0 Å². The third-order valence-corrected chi connectivity index (χ3v) is 4.64. The molecule has 1 aromatic heterocycles. The fourth-order valence-electron chi connectivity index (χ4n) is 3.00. The highest BCUT2D eigenvalue weighted by Crippen LogP contribution is 2.22.